The van der Waals surface area contributed by atoms with Gasteiger partial charge in [-0.2, -0.15) is 0 Å². The Morgan fingerprint density at radius 2 is 2.18 bits per heavy atom. The number of alkyl halides is 1. The van der Waals surface area contributed by atoms with E-state index in [9.17, 15) is 9.18 Å². The van der Waals surface area contributed by atoms with Gasteiger partial charge in [0, 0.05) is 13.0 Å². The fourth-order valence-electron chi connectivity index (χ4n) is 0.923. The van der Waals surface area contributed by atoms with E-state index in [1.54, 1.807) is 7.05 Å². The van der Waals surface area contributed by atoms with Crippen LogP contribution >= 0.6 is 0 Å². The quantitative estimate of drug-likeness (QED) is 0.608. The first-order valence-electron chi connectivity index (χ1n) is 4.00. The second kappa shape index (κ2) is 6.13. The first-order chi connectivity index (χ1) is 5.22. The number of hydrogen-bond donors (Lipinski definition) is 1. The van der Waals surface area contributed by atoms with Gasteiger partial charge in [-0.25, -0.2) is 0 Å². The molecule has 0 aromatic heterocycles. The standard InChI is InChI=1S/C8H16FNO/c1-7(8(11)10-2)5-3-4-6-9/h7H,3-6H2,1-2H3,(H,10,11). The smallest absolute Gasteiger partial charge is 0.222 e. The van der Waals surface area contributed by atoms with Gasteiger partial charge >= 0.3 is 0 Å². The molecule has 3 heteroatoms. The maximum Gasteiger partial charge on any atom is 0.222 e. The lowest BCUT2D eigenvalue weighted by Gasteiger charge is -2.07. The summed E-state index contributed by atoms with van der Waals surface area (Å²) in [7, 11) is 1.62. The van der Waals surface area contributed by atoms with Crippen molar-refractivity contribution in [2.24, 2.45) is 5.92 Å². The summed E-state index contributed by atoms with van der Waals surface area (Å²) in [5.74, 6) is 0.0652. The zero-order valence-electron chi connectivity index (χ0n) is 7.19. The number of nitrogens with one attached hydrogen (secondary N) is 1. The molecular weight excluding hydrogens is 145 g/mol. The van der Waals surface area contributed by atoms with Crippen molar-refractivity contribution in [2.75, 3.05) is 13.7 Å². The van der Waals surface area contributed by atoms with Crippen molar-refractivity contribution < 1.29 is 9.18 Å². The monoisotopic (exact) mass is 161 g/mol. The number of amides is 1. The molecule has 0 radical (unpaired) electrons. The van der Waals surface area contributed by atoms with E-state index in [1.807, 2.05) is 6.92 Å². The van der Waals surface area contributed by atoms with Crippen LogP contribution in [0.15, 0.2) is 0 Å². The molecule has 2 nitrogen and oxygen atoms in total. The summed E-state index contributed by atoms with van der Waals surface area (Å²) in [6, 6.07) is 0. The molecule has 1 unspecified atom stereocenters. The normalized spacial score (nSPS) is 12.6. The Labute approximate surface area is 67.2 Å². The van der Waals surface area contributed by atoms with Crippen molar-refractivity contribution in [3.05, 3.63) is 0 Å². The van der Waals surface area contributed by atoms with Crippen LogP contribution in [0.3, 0.4) is 0 Å². The van der Waals surface area contributed by atoms with Crippen LogP contribution in [0.1, 0.15) is 26.2 Å². The van der Waals surface area contributed by atoms with Crippen LogP contribution in [-0.2, 0) is 4.79 Å². The molecule has 0 aromatic rings. The molecule has 0 spiro atoms. The predicted octanol–water partition coefficient (Wildman–Crippen LogP) is 1.51. The van der Waals surface area contributed by atoms with Crippen LogP contribution in [0.4, 0.5) is 4.39 Å². The van der Waals surface area contributed by atoms with Crippen molar-refractivity contribution in [3.63, 3.8) is 0 Å². The molecule has 0 aliphatic rings. The van der Waals surface area contributed by atoms with Crippen LogP contribution in [0.5, 0.6) is 0 Å². The fourth-order valence-corrected chi connectivity index (χ4v) is 0.923. The third kappa shape index (κ3) is 4.76. The summed E-state index contributed by atoms with van der Waals surface area (Å²) in [6.07, 6.45) is 2.15. The van der Waals surface area contributed by atoms with Gasteiger partial charge < -0.3 is 5.32 Å². The molecule has 0 saturated carbocycles. The van der Waals surface area contributed by atoms with E-state index in [2.05, 4.69) is 5.32 Å². The lowest BCUT2D eigenvalue weighted by Crippen LogP contribution is -2.25. The molecule has 1 N–H and O–H groups in total. The second-order valence-electron chi connectivity index (χ2n) is 2.70. The summed E-state index contributed by atoms with van der Waals surface area (Å²) in [6.45, 7) is 1.58. The van der Waals surface area contributed by atoms with E-state index in [1.165, 1.54) is 0 Å². The van der Waals surface area contributed by atoms with Crippen molar-refractivity contribution in [1.29, 1.82) is 0 Å². The molecule has 0 aliphatic carbocycles. The van der Waals surface area contributed by atoms with E-state index in [0.717, 1.165) is 12.8 Å². The second-order valence-corrected chi connectivity index (χ2v) is 2.70. The summed E-state index contributed by atoms with van der Waals surface area (Å²) >= 11 is 0. The van der Waals surface area contributed by atoms with Crippen LogP contribution < -0.4 is 5.32 Å². The maximum absolute atomic E-state index is 11.6. The Morgan fingerprint density at radius 1 is 1.55 bits per heavy atom. The molecule has 1 amide bonds. The van der Waals surface area contributed by atoms with Crippen molar-refractivity contribution >= 4 is 5.91 Å². The van der Waals surface area contributed by atoms with E-state index < -0.39 is 0 Å². The van der Waals surface area contributed by atoms with E-state index in [0.29, 0.717) is 6.42 Å². The van der Waals surface area contributed by atoms with Crippen molar-refractivity contribution in [2.45, 2.75) is 26.2 Å². The number of carbonyl (C=O) groups is 1. The Kier molecular flexibility index (Phi) is 5.80. The average Bonchev–Trinajstić information content (AvgIpc) is 2.03. The van der Waals surface area contributed by atoms with Crippen molar-refractivity contribution in [3.8, 4) is 0 Å². The molecule has 0 fully saturated rings. The first kappa shape index (κ1) is 10.4. The molecule has 0 aliphatic heterocycles. The van der Waals surface area contributed by atoms with Gasteiger partial charge in [0.1, 0.15) is 0 Å². The number of halogens is 1. The molecule has 11 heavy (non-hydrogen) atoms. The maximum atomic E-state index is 11.6. The highest BCUT2D eigenvalue weighted by Crippen LogP contribution is 2.07. The number of unbranched alkanes of at least 4 members (excludes halogenated alkanes) is 1. The minimum atomic E-state index is -0.277. The Bertz CT molecular complexity index is 117. The summed E-state index contributed by atoms with van der Waals surface area (Å²) in [5.41, 5.74) is 0. The highest BCUT2D eigenvalue weighted by Gasteiger charge is 2.09. The van der Waals surface area contributed by atoms with Crippen molar-refractivity contribution in [1.82, 2.24) is 5.32 Å². The summed E-state index contributed by atoms with van der Waals surface area (Å²) in [4.78, 5) is 10.9. The zero-order chi connectivity index (χ0) is 8.69. The Hall–Kier alpha value is -0.600. The lowest BCUT2D eigenvalue weighted by atomic mass is 10.0. The molecule has 0 saturated heterocycles. The molecule has 1 atom stereocenters. The van der Waals surface area contributed by atoms with E-state index in [-0.39, 0.29) is 18.5 Å². The molecule has 0 rings (SSSR count). The van der Waals surface area contributed by atoms with Crippen LogP contribution in [0.2, 0.25) is 0 Å². The zero-order valence-corrected chi connectivity index (χ0v) is 7.19. The van der Waals surface area contributed by atoms with Gasteiger partial charge in [0.15, 0.2) is 0 Å². The molecule has 66 valence electrons. The molecular formula is C8H16FNO. The number of hydrogen-bond acceptors (Lipinski definition) is 1. The van der Waals surface area contributed by atoms with Gasteiger partial charge in [0.2, 0.25) is 5.91 Å². The SMILES string of the molecule is CNC(=O)C(C)CCCCF. The Morgan fingerprint density at radius 3 is 2.64 bits per heavy atom. The van der Waals surface area contributed by atoms with Crippen LogP contribution in [0.25, 0.3) is 0 Å². The topological polar surface area (TPSA) is 29.1 Å². The Balaban J connectivity index is 3.36. The average molecular weight is 161 g/mol. The third-order valence-electron chi connectivity index (χ3n) is 1.71. The highest BCUT2D eigenvalue weighted by molar-refractivity contribution is 5.77. The molecule has 0 heterocycles. The minimum Gasteiger partial charge on any atom is -0.359 e. The van der Waals surface area contributed by atoms with Gasteiger partial charge in [-0.1, -0.05) is 13.3 Å². The van der Waals surface area contributed by atoms with Crippen LogP contribution in [-0.4, -0.2) is 19.6 Å². The summed E-state index contributed by atoms with van der Waals surface area (Å²) < 4.78 is 11.6. The molecule has 0 bridgehead atoms. The highest BCUT2D eigenvalue weighted by atomic mass is 19.1. The lowest BCUT2D eigenvalue weighted by molar-refractivity contribution is -0.124. The number of rotatable bonds is 5. The third-order valence-corrected chi connectivity index (χ3v) is 1.71. The number of carbonyl (C=O) groups excluding carboxylic acids is 1. The van der Waals surface area contributed by atoms with Gasteiger partial charge in [0.25, 0.3) is 0 Å². The first-order valence-corrected chi connectivity index (χ1v) is 4.00. The van der Waals surface area contributed by atoms with Gasteiger partial charge in [-0.15, -0.1) is 0 Å². The van der Waals surface area contributed by atoms with E-state index >= 15 is 0 Å². The van der Waals surface area contributed by atoms with Gasteiger partial charge in [-0.3, -0.25) is 9.18 Å². The molecule has 0 aromatic carbocycles. The summed E-state index contributed by atoms with van der Waals surface area (Å²) in [5, 5.41) is 2.56. The van der Waals surface area contributed by atoms with Crippen LogP contribution in [0, 0.1) is 5.92 Å². The van der Waals surface area contributed by atoms with Gasteiger partial charge in [0.05, 0.1) is 6.67 Å². The van der Waals surface area contributed by atoms with E-state index in [4.69, 9.17) is 0 Å². The largest absolute Gasteiger partial charge is 0.359 e. The minimum absolute atomic E-state index is 0.0200. The fraction of sp³-hybridized carbons (Fsp3) is 0.875. The predicted molar refractivity (Wildman–Crippen MR) is 43.1 cm³/mol. The van der Waals surface area contributed by atoms with Gasteiger partial charge in [-0.05, 0) is 12.8 Å².